The molecular weight excluding hydrogens is 296 g/mol. The molecule has 0 aliphatic carbocycles. The Morgan fingerprint density at radius 2 is 2.25 bits per heavy atom. The van der Waals surface area contributed by atoms with E-state index in [0.29, 0.717) is 11.6 Å². The number of hydrogen-bond donors (Lipinski definition) is 0. The van der Waals surface area contributed by atoms with E-state index >= 15 is 0 Å². The average molecular weight is 307 g/mol. The van der Waals surface area contributed by atoms with Gasteiger partial charge in [0.15, 0.2) is 0 Å². The number of halogens is 3. The molecule has 1 aromatic rings. The molecule has 2 rings (SSSR count). The lowest BCUT2D eigenvalue weighted by Gasteiger charge is -2.30. The zero-order valence-electron chi connectivity index (χ0n) is 8.42. The highest BCUT2D eigenvalue weighted by molar-refractivity contribution is 9.10. The molecule has 0 radical (unpaired) electrons. The Labute approximate surface area is 107 Å². The fourth-order valence-electron chi connectivity index (χ4n) is 1.76. The molecule has 86 valence electrons. The van der Waals surface area contributed by atoms with Crippen LogP contribution in [0, 0.1) is 5.82 Å². The van der Waals surface area contributed by atoms with Crippen LogP contribution >= 0.6 is 27.5 Å². The first-order valence-corrected chi connectivity index (χ1v) is 6.29. The van der Waals surface area contributed by atoms with Crippen LogP contribution < -0.4 is 4.90 Å². The molecule has 5 heteroatoms. The standard InChI is InChI=1S/C11H10BrClFNO/c12-8-2-1-5-15(11(8)16)10-6-7(13)3-4-9(10)14/h3-4,6,8H,1-2,5H2. The predicted octanol–water partition coefficient (Wildman–Crippen LogP) is 3.37. The normalized spacial score (nSPS) is 21.3. The Bertz CT molecular complexity index is 426. The summed E-state index contributed by atoms with van der Waals surface area (Å²) in [6.07, 6.45) is 1.64. The molecule has 2 nitrogen and oxygen atoms in total. The molecule has 16 heavy (non-hydrogen) atoms. The van der Waals surface area contributed by atoms with Crippen molar-refractivity contribution in [1.29, 1.82) is 0 Å². The summed E-state index contributed by atoms with van der Waals surface area (Å²) in [6, 6.07) is 4.24. The number of carbonyl (C=O) groups excluding carboxylic acids is 1. The van der Waals surface area contributed by atoms with E-state index in [4.69, 9.17) is 11.6 Å². The summed E-state index contributed by atoms with van der Waals surface area (Å²) >= 11 is 9.09. The number of piperidine rings is 1. The van der Waals surface area contributed by atoms with Crippen LogP contribution in [-0.2, 0) is 4.79 Å². The topological polar surface area (TPSA) is 20.3 Å². The molecule has 1 saturated heterocycles. The van der Waals surface area contributed by atoms with Gasteiger partial charge >= 0.3 is 0 Å². The Hall–Kier alpha value is -0.610. The number of anilines is 1. The monoisotopic (exact) mass is 305 g/mol. The third-order valence-electron chi connectivity index (χ3n) is 2.57. The molecule has 0 saturated carbocycles. The van der Waals surface area contributed by atoms with Crippen molar-refractivity contribution < 1.29 is 9.18 Å². The third kappa shape index (κ3) is 2.23. The van der Waals surface area contributed by atoms with Crippen molar-refractivity contribution in [3.63, 3.8) is 0 Å². The van der Waals surface area contributed by atoms with Crippen LogP contribution in [0.2, 0.25) is 5.02 Å². The minimum absolute atomic E-state index is 0.104. The molecule has 1 heterocycles. The molecule has 1 atom stereocenters. The number of hydrogen-bond acceptors (Lipinski definition) is 1. The number of benzene rings is 1. The van der Waals surface area contributed by atoms with Gasteiger partial charge in [-0.1, -0.05) is 27.5 Å². The molecular formula is C11H10BrClFNO. The lowest BCUT2D eigenvalue weighted by atomic mass is 10.1. The molecule has 1 fully saturated rings. The second-order valence-electron chi connectivity index (χ2n) is 3.70. The summed E-state index contributed by atoms with van der Waals surface area (Å²) in [6.45, 7) is 0.540. The highest BCUT2D eigenvalue weighted by Gasteiger charge is 2.29. The summed E-state index contributed by atoms with van der Waals surface area (Å²) in [7, 11) is 0. The zero-order valence-corrected chi connectivity index (χ0v) is 10.8. The van der Waals surface area contributed by atoms with Crippen molar-refractivity contribution in [2.24, 2.45) is 0 Å². The van der Waals surface area contributed by atoms with Crippen molar-refractivity contribution in [2.45, 2.75) is 17.7 Å². The largest absolute Gasteiger partial charge is 0.309 e. The van der Waals surface area contributed by atoms with Crippen LogP contribution in [0.3, 0.4) is 0 Å². The van der Waals surface area contributed by atoms with Crippen molar-refractivity contribution in [1.82, 2.24) is 0 Å². The van der Waals surface area contributed by atoms with Crippen molar-refractivity contribution in [2.75, 3.05) is 11.4 Å². The maximum absolute atomic E-state index is 13.6. The highest BCUT2D eigenvalue weighted by atomic mass is 79.9. The first kappa shape index (κ1) is 11.9. The van der Waals surface area contributed by atoms with Gasteiger partial charge in [0.05, 0.1) is 10.5 Å². The van der Waals surface area contributed by atoms with Gasteiger partial charge < -0.3 is 4.90 Å². The summed E-state index contributed by atoms with van der Waals surface area (Å²) in [5.74, 6) is -0.522. The Morgan fingerprint density at radius 1 is 1.50 bits per heavy atom. The van der Waals surface area contributed by atoms with Gasteiger partial charge in [-0.25, -0.2) is 4.39 Å². The minimum atomic E-state index is -0.417. The fourth-order valence-corrected chi connectivity index (χ4v) is 2.50. The maximum atomic E-state index is 13.6. The summed E-state index contributed by atoms with van der Waals surface area (Å²) in [5, 5.41) is 0.431. The molecule has 1 aromatic carbocycles. The first-order valence-electron chi connectivity index (χ1n) is 5.00. The highest BCUT2D eigenvalue weighted by Crippen LogP contribution is 2.28. The molecule has 1 amide bonds. The second kappa shape index (κ2) is 4.72. The van der Waals surface area contributed by atoms with Crippen molar-refractivity contribution in [3.05, 3.63) is 29.0 Å². The van der Waals surface area contributed by atoms with E-state index in [-0.39, 0.29) is 16.4 Å². The molecule has 0 aromatic heterocycles. The number of carbonyl (C=O) groups is 1. The van der Waals surface area contributed by atoms with E-state index < -0.39 is 5.82 Å². The number of alkyl halides is 1. The van der Waals surface area contributed by atoms with Crippen LogP contribution in [0.4, 0.5) is 10.1 Å². The molecule has 0 bridgehead atoms. The van der Waals surface area contributed by atoms with Crippen LogP contribution in [0.25, 0.3) is 0 Å². The summed E-state index contributed by atoms with van der Waals surface area (Å²) < 4.78 is 13.6. The molecule has 1 aliphatic heterocycles. The average Bonchev–Trinajstić information content (AvgIpc) is 2.26. The van der Waals surface area contributed by atoms with E-state index in [1.54, 1.807) is 0 Å². The molecule has 0 N–H and O–H groups in total. The molecule has 1 aliphatic rings. The second-order valence-corrected chi connectivity index (χ2v) is 5.24. The minimum Gasteiger partial charge on any atom is -0.309 e. The van der Waals surface area contributed by atoms with E-state index in [2.05, 4.69) is 15.9 Å². The summed E-state index contributed by atoms with van der Waals surface area (Å²) in [4.78, 5) is 13.1. The molecule has 0 spiro atoms. The lowest BCUT2D eigenvalue weighted by Crippen LogP contribution is -2.42. The smallest absolute Gasteiger partial charge is 0.240 e. The predicted molar refractivity (Wildman–Crippen MR) is 65.7 cm³/mol. The van der Waals surface area contributed by atoms with Gasteiger partial charge in [0.25, 0.3) is 0 Å². The number of nitrogens with zero attached hydrogens (tertiary/aromatic N) is 1. The van der Waals surface area contributed by atoms with Crippen molar-refractivity contribution >= 4 is 39.1 Å². The number of rotatable bonds is 1. The van der Waals surface area contributed by atoms with E-state index in [1.807, 2.05) is 0 Å². The van der Waals surface area contributed by atoms with Gasteiger partial charge in [0, 0.05) is 11.6 Å². The third-order valence-corrected chi connectivity index (χ3v) is 3.66. The van der Waals surface area contributed by atoms with E-state index in [0.717, 1.165) is 12.8 Å². The van der Waals surface area contributed by atoms with Gasteiger partial charge in [-0.2, -0.15) is 0 Å². The lowest BCUT2D eigenvalue weighted by molar-refractivity contribution is -0.118. The molecule has 1 unspecified atom stereocenters. The van der Waals surface area contributed by atoms with Gasteiger partial charge in [-0.05, 0) is 31.0 Å². The van der Waals surface area contributed by atoms with Gasteiger partial charge in [-0.3, -0.25) is 4.79 Å². The maximum Gasteiger partial charge on any atom is 0.240 e. The SMILES string of the molecule is O=C1C(Br)CCCN1c1cc(Cl)ccc1F. The van der Waals surface area contributed by atoms with Crippen LogP contribution in [0.1, 0.15) is 12.8 Å². The van der Waals surface area contributed by atoms with Gasteiger partial charge in [0.2, 0.25) is 5.91 Å². The first-order chi connectivity index (χ1) is 7.59. The van der Waals surface area contributed by atoms with Crippen molar-refractivity contribution in [3.8, 4) is 0 Å². The van der Waals surface area contributed by atoms with Crippen LogP contribution in [-0.4, -0.2) is 17.3 Å². The quantitative estimate of drug-likeness (QED) is 0.729. The Morgan fingerprint density at radius 3 is 3.00 bits per heavy atom. The number of amides is 1. The Kier molecular flexibility index (Phi) is 3.50. The van der Waals surface area contributed by atoms with E-state index in [1.165, 1.54) is 23.1 Å². The van der Waals surface area contributed by atoms with Crippen LogP contribution in [0.15, 0.2) is 18.2 Å². The van der Waals surface area contributed by atoms with Gasteiger partial charge in [-0.15, -0.1) is 0 Å². The zero-order chi connectivity index (χ0) is 11.7. The fraction of sp³-hybridized carbons (Fsp3) is 0.364. The Balaban J connectivity index is 2.35. The van der Waals surface area contributed by atoms with E-state index in [9.17, 15) is 9.18 Å². The van der Waals surface area contributed by atoms with Crippen LogP contribution in [0.5, 0.6) is 0 Å². The summed E-state index contributed by atoms with van der Waals surface area (Å²) in [5.41, 5.74) is 0.265. The van der Waals surface area contributed by atoms with Gasteiger partial charge in [0.1, 0.15) is 5.82 Å².